The first-order valence-corrected chi connectivity index (χ1v) is 10.3. The van der Waals surface area contributed by atoms with Gasteiger partial charge >= 0.3 is 0 Å². The fourth-order valence-corrected chi connectivity index (χ4v) is 3.77. The maximum Gasteiger partial charge on any atom is 0.272 e. The van der Waals surface area contributed by atoms with Crippen molar-refractivity contribution in [1.82, 2.24) is 20.0 Å². The number of nitrogens with one attached hydrogen (secondary N) is 1. The van der Waals surface area contributed by atoms with Gasteiger partial charge in [0.15, 0.2) is 0 Å². The summed E-state index contributed by atoms with van der Waals surface area (Å²) in [4.78, 5) is 29.0. The summed E-state index contributed by atoms with van der Waals surface area (Å²) in [5.41, 5.74) is 2.57. The van der Waals surface area contributed by atoms with Crippen LogP contribution >= 0.6 is 27.5 Å². The van der Waals surface area contributed by atoms with Crippen molar-refractivity contribution in [3.8, 4) is 11.3 Å². The van der Waals surface area contributed by atoms with Crippen molar-refractivity contribution in [2.45, 2.75) is 0 Å². The molecule has 148 valence electrons. The first-order valence-electron chi connectivity index (χ1n) is 9.17. The molecule has 0 radical (unpaired) electrons. The highest BCUT2D eigenvalue weighted by Crippen LogP contribution is 2.22. The van der Waals surface area contributed by atoms with E-state index in [1.807, 2.05) is 24.3 Å². The highest BCUT2D eigenvalue weighted by atomic mass is 79.9. The Balaban J connectivity index is 1.40. The zero-order valence-corrected chi connectivity index (χ0v) is 17.8. The van der Waals surface area contributed by atoms with Crippen LogP contribution in [-0.4, -0.2) is 58.0 Å². The summed E-state index contributed by atoms with van der Waals surface area (Å²) in [6, 6.07) is 16.5. The van der Waals surface area contributed by atoms with Crippen molar-refractivity contribution in [1.29, 1.82) is 0 Å². The van der Waals surface area contributed by atoms with Crippen LogP contribution in [0.1, 0.15) is 20.8 Å². The molecule has 0 spiro atoms. The molecular formula is C21H18BrClN4O2. The number of nitrogens with zero attached hydrogens (tertiary/aromatic N) is 3. The maximum absolute atomic E-state index is 12.8. The van der Waals surface area contributed by atoms with Gasteiger partial charge in [0.25, 0.3) is 11.8 Å². The molecule has 0 unspecified atom stereocenters. The van der Waals surface area contributed by atoms with E-state index in [1.165, 1.54) is 0 Å². The van der Waals surface area contributed by atoms with Gasteiger partial charge in [0.05, 0.1) is 16.3 Å². The third-order valence-corrected chi connectivity index (χ3v) is 5.76. The number of aromatic nitrogens is 2. The van der Waals surface area contributed by atoms with Crippen LogP contribution in [0, 0.1) is 0 Å². The van der Waals surface area contributed by atoms with Gasteiger partial charge < -0.3 is 9.80 Å². The Labute approximate surface area is 181 Å². The standard InChI is InChI=1S/C21H18BrClN4O2/c22-15-7-5-14(6-8-15)18-13-19(25-24-18)21(29)27-11-9-26(10-12-27)20(28)16-3-1-2-4-17(16)23/h1-8,13H,9-12H2,(H,24,25). The SMILES string of the molecule is O=C(c1cc(-c2ccc(Br)cc2)n[nH]1)N1CCN(C(=O)c2ccccc2Cl)CC1. The number of hydrogen-bond donors (Lipinski definition) is 1. The third kappa shape index (κ3) is 4.21. The average Bonchev–Trinajstić information content (AvgIpc) is 3.24. The molecule has 3 aromatic rings. The fraction of sp³-hybridized carbons (Fsp3) is 0.190. The number of rotatable bonds is 3. The van der Waals surface area contributed by atoms with Crippen molar-refractivity contribution in [2.75, 3.05) is 26.2 Å². The number of piperazine rings is 1. The summed E-state index contributed by atoms with van der Waals surface area (Å²) < 4.78 is 0.984. The molecule has 0 saturated carbocycles. The second-order valence-electron chi connectivity index (χ2n) is 6.74. The molecule has 1 saturated heterocycles. The third-order valence-electron chi connectivity index (χ3n) is 4.91. The number of hydrogen-bond acceptors (Lipinski definition) is 3. The van der Waals surface area contributed by atoms with Gasteiger partial charge in [-0.3, -0.25) is 14.7 Å². The van der Waals surface area contributed by atoms with E-state index < -0.39 is 0 Å². The van der Waals surface area contributed by atoms with E-state index in [-0.39, 0.29) is 11.8 Å². The van der Waals surface area contributed by atoms with Gasteiger partial charge in [-0.2, -0.15) is 5.10 Å². The lowest BCUT2D eigenvalue weighted by Gasteiger charge is -2.34. The van der Waals surface area contributed by atoms with Gasteiger partial charge in [0.2, 0.25) is 0 Å². The predicted molar refractivity (Wildman–Crippen MR) is 115 cm³/mol. The number of carbonyl (C=O) groups is 2. The quantitative estimate of drug-likeness (QED) is 0.623. The van der Waals surface area contributed by atoms with E-state index >= 15 is 0 Å². The molecule has 0 aliphatic carbocycles. The number of aromatic amines is 1. The molecule has 1 N–H and O–H groups in total. The van der Waals surface area contributed by atoms with Crippen LogP contribution in [0.2, 0.25) is 5.02 Å². The van der Waals surface area contributed by atoms with Gasteiger partial charge in [-0.15, -0.1) is 0 Å². The maximum atomic E-state index is 12.8. The number of halogens is 2. The minimum Gasteiger partial charge on any atom is -0.335 e. The molecule has 4 rings (SSSR count). The van der Waals surface area contributed by atoms with Crippen molar-refractivity contribution in [3.05, 3.63) is 75.4 Å². The van der Waals surface area contributed by atoms with E-state index in [2.05, 4.69) is 26.1 Å². The zero-order valence-electron chi connectivity index (χ0n) is 15.4. The molecule has 29 heavy (non-hydrogen) atoms. The first-order chi connectivity index (χ1) is 14.0. The monoisotopic (exact) mass is 472 g/mol. The van der Waals surface area contributed by atoms with Crippen molar-refractivity contribution < 1.29 is 9.59 Å². The molecule has 1 aliphatic rings. The van der Waals surface area contributed by atoms with E-state index in [1.54, 1.807) is 40.1 Å². The fourth-order valence-electron chi connectivity index (χ4n) is 3.29. The average molecular weight is 474 g/mol. The summed E-state index contributed by atoms with van der Waals surface area (Å²) in [5.74, 6) is -0.229. The van der Waals surface area contributed by atoms with Crippen molar-refractivity contribution >= 4 is 39.3 Å². The Morgan fingerprint density at radius 2 is 1.55 bits per heavy atom. The highest BCUT2D eigenvalue weighted by molar-refractivity contribution is 9.10. The Morgan fingerprint density at radius 1 is 0.931 bits per heavy atom. The van der Waals surface area contributed by atoms with Crippen LogP contribution in [0.15, 0.2) is 59.1 Å². The van der Waals surface area contributed by atoms with Crippen LogP contribution in [0.3, 0.4) is 0 Å². The number of benzene rings is 2. The lowest BCUT2D eigenvalue weighted by molar-refractivity contribution is 0.0532. The van der Waals surface area contributed by atoms with Crippen LogP contribution in [0.5, 0.6) is 0 Å². The smallest absolute Gasteiger partial charge is 0.272 e. The molecule has 8 heteroatoms. The highest BCUT2D eigenvalue weighted by Gasteiger charge is 2.27. The Hall–Kier alpha value is -2.64. The van der Waals surface area contributed by atoms with E-state index in [0.29, 0.717) is 48.2 Å². The Morgan fingerprint density at radius 3 is 2.21 bits per heavy atom. The van der Waals surface area contributed by atoms with Crippen LogP contribution in [-0.2, 0) is 0 Å². The molecule has 2 heterocycles. The first kappa shape index (κ1) is 19.7. The molecular weight excluding hydrogens is 456 g/mol. The molecule has 6 nitrogen and oxygen atoms in total. The lowest BCUT2D eigenvalue weighted by Crippen LogP contribution is -2.50. The second-order valence-corrected chi connectivity index (χ2v) is 8.06. The van der Waals surface area contributed by atoms with Crippen LogP contribution in [0.25, 0.3) is 11.3 Å². The van der Waals surface area contributed by atoms with Gasteiger partial charge in [-0.05, 0) is 30.3 Å². The zero-order chi connectivity index (χ0) is 20.4. The molecule has 2 aromatic carbocycles. The molecule has 0 bridgehead atoms. The van der Waals surface area contributed by atoms with Gasteiger partial charge in [0, 0.05) is 36.2 Å². The van der Waals surface area contributed by atoms with E-state index in [9.17, 15) is 9.59 Å². The van der Waals surface area contributed by atoms with Gasteiger partial charge in [0.1, 0.15) is 5.69 Å². The topological polar surface area (TPSA) is 69.3 Å². The van der Waals surface area contributed by atoms with Crippen LogP contribution in [0.4, 0.5) is 0 Å². The second kappa shape index (κ2) is 8.39. The predicted octanol–water partition coefficient (Wildman–Crippen LogP) is 4.09. The Bertz CT molecular complexity index is 1040. The van der Waals surface area contributed by atoms with E-state index in [0.717, 1.165) is 10.0 Å². The largest absolute Gasteiger partial charge is 0.335 e. The van der Waals surface area contributed by atoms with E-state index in [4.69, 9.17) is 11.6 Å². The molecule has 1 aromatic heterocycles. The summed E-state index contributed by atoms with van der Waals surface area (Å²) in [6.07, 6.45) is 0. The molecule has 1 aliphatic heterocycles. The summed E-state index contributed by atoms with van der Waals surface area (Å²) in [5, 5.41) is 7.53. The van der Waals surface area contributed by atoms with Crippen LogP contribution < -0.4 is 0 Å². The summed E-state index contributed by atoms with van der Waals surface area (Å²) >= 11 is 9.54. The van der Waals surface area contributed by atoms with Gasteiger partial charge in [-0.25, -0.2) is 0 Å². The summed E-state index contributed by atoms with van der Waals surface area (Å²) in [6.45, 7) is 1.84. The minimum absolute atomic E-state index is 0.109. The van der Waals surface area contributed by atoms with Crippen molar-refractivity contribution in [3.63, 3.8) is 0 Å². The normalized spacial score (nSPS) is 14.1. The number of H-pyrrole nitrogens is 1. The number of amides is 2. The number of carbonyl (C=O) groups excluding carboxylic acids is 2. The Kier molecular flexibility index (Phi) is 5.69. The summed E-state index contributed by atoms with van der Waals surface area (Å²) in [7, 11) is 0. The van der Waals surface area contributed by atoms with Gasteiger partial charge in [-0.1, -0.05) is 51.8 Å². The lowest BCUT2D eigenvalue weighted by atomic mass is 10.1. The molecule has 2 amide bonds. The minimum atomic E-state index is -0.120. The molecule has 0 atom stereocenters. The van der Waals surface area contributed by atoms with Crippen molar-refractivity contribution in [2.24, 2.45) is 0 Å². The molecule has 1 fully saturated rings.